The molecule has 1 aliphatic heterocycles. The fraction of sp³-hybridized carbons (Fsp3) is 0.250. The average Bonchev–Trinajstić information content (AvgIpc) is 2.98. The van der Waals surface area contributed by atoms with Crippen molar-refractivity contribution in [3.63, 3.8) is 0 Å². The Morgan fingerprint density at radius 3 is 2.00 bits per heavy atom. The molecule has 2 aromatic carbocycles. The Hall–Kier alpha value is -1.84. The van der Waals surface area contributed by atoms with Gasteiger partial charge < -0.3 is 4.74 Å². The van der Waals surface area contributed by atoms with E-state index in [1.165, 1.54) is 0 Å². The number of ether oxygens (including phenoxy) is 1. The van der Waals surface area contributed by atoms with Crippen LogP contribution in [0.15, 0.2) is 54.6 Å². The number of methoxy groups -OCH3 is 1. The lowest BCUT2D eigenvalue weighted by Crippen LogP contribution is -1.96. The molecule has 0 aromatic heterocycles. The van der Waals surface area contributed by atoms with Crippen molar-refractivity contribution in [1.29, 1.82) is 0 Å². The van der Waals surface area contributed by atoms with E-state index in [0.717, 1.165) is 23.3 Å². The van der Waals surface area contributed by atoms with Crippen LogP contribution >= 0.6 is 0 Å². The molecule has 0 bridgehead atoms. The quantitative estimate of drug-likeness (QED) is 0.781. The first kappa shape index (κ1) is 12.2. The first-order chi connectivity index (χ1) is 9.36. The second kappa shape index (κ2) is 5.43. The molecule has 2 atom stereocenters. The second-order valence-corrected chi connectivity index (χ2v) is 4.59. The minimum absolute atomic E-state index is 0.00769. The fourth-order valence-electron chi connectivity index (χ4n) is 2.28. The first-order valence-corrected chi connectivity index (χ1v) is 6.38. The Morgan fingerprint density at radius 1 is 0.842 bits per heavy atom. The highest BCUT2D eigenvalue weighted by Gasteiger charge is 2.29. The van der Waals surface area contributed by atoms with Crippen LogP contribution in [-0.2, 0) is 9.78 Å². The van der Waals surface area contributed by atoms with Crippen molar-refractivity contribution in [1.82, 2.24) is 0 Å². The minimum Gasteiger partial charge on any atom is -0.497 e. The van der Waals surface area contributed by atoms with Crippen LogP contribution in [0.2, 0.25) is 0 Å². The summed E-state index contributed by atoms with van der Waals surface area (Å²) in [5.74, 6) is 0.849. The van der Waals surface area contributed by atoms with Crippen molar-refractivity contribution in [2.24, 2.45) is 0 Å². The predicted octanol–water partition coefficient (Wildman–Crippen LogP) is 3.83. The fourth-order valence-corrected chi connectivity index (χ4v) is 2.28. The lowest BCUT2D eigenvalue weighted by atomic mass is 10.00. The Bertz CT molecular complexity index is 521. The summed E-state index contributed by atoms with van der Waals surface area (Å²) in [6.07, 6.45) is 0.820. The molecule has 0 radical (unpaired) electrons. The van der Waals surface area contributed by atoms with E-state index in [-0.39, 0.29) is 12.2 Å². The van der Waals surface area contributed by atoms with E-state index in [1.807, 2.05) is 42.5 Å². The summed E-state index contributed by atoms with van der Waals surface area (Å²) in [6.45, 7) is 0. The highest BCUT2D eigenvalue weighted by atomic mass is 17.2. The van der Waals surface area contributed by atoms with Gasteiger partial charge in [0.15, 0.2) is 0 Å². The third-order valence-corrected chi connectivity index (χ3v) is 3.37. The average molecular weight is 256 g/mol. The lowest BCUT2D eigenvalue weighted by molar-refractivity contribution is -0.300. The van der Waals surface area contributed by atoms with Gasteiger partial charge in [0.05, 0.1) is 7.11 Å². The monoisotopic (exact) mass is 256 g/mol. The summed E-state index contributed by atoms with van der Waals surface area (Å²) in [5, 5.41) is 0. The smallest absolute Gasteiger partial charge is 0.121 e. The van der Waals surface area contributed by atoms with Crippen LogP contribution in [0, 0.1) is 0 Å². The Kier molecular flexibility index (Phi) is 3.49. The molecule has 1 aliphatic rings. The van der Waals surface area contributed by atoms with Crippen LogP contribution < -0.4 is 4.74 Å². The van der Waals surface area contributed by atoms with Gasteiger partial charge >= 0.3 is 0 Å². The van der Waals surface area contributed by atoms with Gasteiger partial charge in [0, 0.05) is 6.42 Å². The van der Waals surface area contributed by atoms with E-state index >= 15 is 0 Å². The molecule has 19 heavy (non-hydrogen) atoms. The van der Waals surface area contributed by atoms with Crippen molar-refractivity contribution in [3.8, 4) is 5.75 Å². The summed E-state index contributed by atoms with van der Waals surface area (Å²) in [4.78, 5) is 10.9. The van der Waals surface area contributed by atoms with Crippen LogP contribution in [0.25, 0.3) is 0 Å². The van der Waals surface area contributed by atoms with E-state index in [9.17, 15) is 0 Å². The van der Waals surface area contributed by atoms with E-state index in [0.29, 0.717) is 0 Å². The maximum atomic E-state index is 5.44. The van der Waals surface area contributed by atoms with E-state index < -0.39 is 0 Å². The highest BCUT2D eigenvalue weighted by molar-refractivity contribution is 5.29. The zero-order valence-electron chi connectivity index (χ0n) is 10.8. The van der Waals surface area contributed by atoms with Gasteiger partial charge in [-0.2, -0.15) is 0 Å². The van der Waals surface area contributed by atoms with E-state index in [1.54, 1.807) is 7.11 Å². The van der Waals surface area contributed by atoms with Gasteiger partial charge in [-0.1, -0.05) is 42.5 Å². The van der Waals surface area contributed by atoms with Gasteiger partial charge in [-0.3, -0.25) is 0 Å². The topological polar surface area (TPSA) is 27.7 Å². The predicted molar refractivity (Wildman–Crippen MR) is 71.7 cm³/mol. The van der Waals surface area contributed by atoms with Gasteiger partial charge in [0.2, 0.25) is 0 Å². The van der Waals surface area contributed by atoms with Crippen molar-refractivity contribution in [2.75, 3.05) is 7.11 Å². The molecule has 0 N–H and O–H groups in total. The maximum Gasteiger partial charge on any atom is 0.121 e. The third-order valence-electron chi connectivity index (χ3n) is 3.37. The van der Waals surface area contributed by atoms with Gasteiger partial charge in [0.25, 0.3) is 0 Å². The Morgan fingerprint density at radius 2 is 1.42 bits per heavy atom. The molecule has 1 heterocycles. The SMILES string of the molecule is COc1ccc([C@@H]2C[C@H](c3ccccc3)OO2)cc1. The molecule has 0 aliphatic carbocycles. The largest absolute Gasteiger partial charge is 0.497 e. The molecule has 2 aromatic rings. The van der Waals surface area contributed by atoms with Crippen LogP contribution in [0.1, 0.15) is 29.8 Å². The zero-order valence-corrected chi connectivity index (χ0v) is 10.8. The summed E-state index contributed by atoms with van der Waals surface area (Å²) in [5.41, 5.74) is 2.26. The van der Waals surface area contributed by atoms with Crippen LogP contribution in [-0.4, -0.2) is 7.11 Å². The first-order valence-electron chi connectivity index (χ1n) is 6.38. The maximum absolute atomic E-state index is 5.44. The molecule has 3 nitrogen and oxygen atoms in total. The summed E-state index contributed by atoms with van der Waals surface area (Å²) < 4.78 is 5.15. The van der Waals surface area contributed by atoms with Crippen LogP contribution in [0.3, 0.4) is 0 Å². The molecule has 1 fully saturated rings. The number of benzene rings is 2. The van der Waals surface area contributed by atoms with E-state index in [4.69, 9.17) is 14.5 Å². The molecular formula is C16H16O3. The molecule has 1 saturated heterocycles. The second-order valence-electron chi connectivity index (χ2n) is 4.59. The number of hydrogen-bond donors (Lipinski definition) is 0. The van der Waals surface area contributed by atoms with Crippen molar-refractivity contribution < 1.29 is 14.5 Å². The van der Waals surface area contributed by atoms with Crippen LogP contribution in [0.5, 0.6) is 5.75 Å². The normalized spacial score (nSPS) is 22.4. The Labute approximate surface area is 112 Å². The standard InChI is InChI=1S/C16H16O3/c1-17-14-9-7-13(8-10-14)16-11-15(18-19-16)12-5-3-2-4-6-12/h2-10,15-16H,11H2,1H3/t15-,16+/m1/s1. The van der Waals surface area contributed by atoms with Gasteiger partial charge in [-0.05, 0) is 23.3 Å². The number of hydrogen-bond acceptors (Lipinski definition) is 3. The van der Waals surface area contributed by atoms with Gasteiger partial charge in [0.1, 0.15) is 18.0 Å². The molecule has 0 unspecified atom stereocenters. The zero-order chi connectivity index (χ0) is 13.1. The summed E-state index contributed by atoms with van der Waals surface area (Å²) >= 11 is 0. The van der Waals surface area contributed by atoms with Crippen molar-refractivity contribution in [3.05, 3.63) is 65.7 Å². The van der Waals surface area contributed by atoms with Crippen molar-refractivity contribution in [2.45, 2.75) is 18.6 Å². The lowest BCUT2D eigenvalue weighted by Gasteiger charge is -2.07. The van der Waals surface area contributed by atoms with Crippen LogP contribution in [0.4, 0.5) is 0 Å². The molecule has 98 valence electrons. The molecule has 0 spiro atoms. The molecule has 0 saturated carbocycles. The van der Waals surface area contributed by atoms with Gasteiger partial charge in [-0.25, -0.2) is 9.78 Å². The summed E-state index contributed by atoms with van der Waals surface area (Å²) in [7, 11) is 1.66. The third kappa shape index (κ3) is 2.62. The van der Waals surface area contributed by atoms with Crippen molar-refractivity contribution >= 4 is 0 Å². The molecular weight excluding hydrogens is 240 g/mol. The Balaban J connectivity index is 1.71. The van der Waals surface area contributed by atoms with Gasteiger partial charge in [-0.15, -0.1) is 0 Å². The highest BCUT2D eigenvalue weighted by Crippen LogP contribution is 2.39. The molecule has 3 rings (SSSR count). The molecule has 3 heteroatoms. The van der Waals surface area contributed by atoms with E-state index in [2.05, 4.69) is 12.1 Å². The minimum atomic E-state index is -0.0175. The summed E-state index contributed by atoms with van der Waals surface area (Å²) in [6, 6.07) is 18.1. The number of rotatable bonds is 3. The molecule has 0 amide bonds.